The highest BCUT2D eigenvalue weighted by molar-refractivity contribution is 6.06. The van der Waals surface area contributed by atoms with E-state index in [0.29, 0.717) is 47.7 Å². The van der Waals surface area contributed by atoms with E-state index in [1.165, 1.54) is 40.0 Å². The Labute approximate surface area is 215 Å². The molecule has 1 aromatic carbocycles. The van der Waals surface area contributed by atoms with Gasteiger partial charge in [0.25, 0.3) is 5.91 Å². The Morgan fingerprint density at radius 1 is 1.11 bits per heavy atom. The van der Waals surface area contributed by atoms with Crippen LogP contribution in [0.25, 0.3) is 16.7 Å². The summed E-state index contributed by atoms with van der Waals surface area (Å²) >= 11 is 0. The van der Waals surface area contributed by atoms with E-state index >= 15 is 0 Å². The Morgan fingerprint density at radius 3 is 2.37 bits per heavy atom. The van der Waals surface area contributed by atoms with Crippen LogP contribution >= 0.6 is 0 Å². The molecule has 2 aromatic heterocycles. The molecule has 4 heterocycles. The summed E-state index contributed by atoms with van der Waals surface area (Å²) in [5, 5.41) is 15.3. The molecule has 0 bridgehead atoms. The first-order valence-corrected chi connectivity index (χ1v) is 12.0. The summed E-state index contributed by atoms with van der Waals surface area (Å²) in [5.41, 5.74) is 1.26. The van der Waals surface area contributed by atoms with Crippen molar-refractivity contribution < 1.29 is 37.3 Å². The van der Waals surface area contributed by atoms with Gasteiger partial charge in [0.1, 0.15) is 17.5 Å². The molecule has 2 saturated heterocycles. The Hall–Kier alpha value is -3.87. The van der Waals surface area contributed by atoms with Gasteiger partial charge in [0.15, 0.2) is 5.65 Å². The largest absolute Gasteiger partial charge is 0.573 e. The minimum atomic E-state index is -4.82. The molecule has 0 saturated carbocycles. The third-order valence-electron chi connectivity index (χ3n) is 6.28. The topological polar surface area (TPSA) is 110 Å². The van der Waals surface area contributed by atoms with Gasteiger partial charge in [0.05, 0.1) is 22.5 Å². The SMILES string of the molecule is CC(C)(C)OC(=O)N1CC(c2nn(-c3ccc(OC(F)(F)F)cc3)c3nccc(N4CC[C@@H](O)C4=O)c23)C1. The predicted molar refractivity (Wildman–Crippen MR) is 129 cm³/mol. The third-order valence-corrected chi connectivity index (χ3v) is 6.28. The number of amides is 2. The van der Waals surface area contributed by atoms with Gasteiger partial charge in [-0.3, -0.25) is 4.79 Å². The molecule has 3 aromatic rings. The standard InChI is InChI=1S/C25H26F3N5O5/c1-24(2,3)38-23(36)31-12-14(13-31)20-19-17(32-11-9-18(34)22(32)35)8-10-29-21(19)33(30-20)15-4-6-16(7-5-15)37-25(26,27)28/h4-8,10,14,18,34H,9,11-13H2,1-3H3/t18-/m1/s1. The minimum absolute atomic E-state index is 0.204. The van der Waals surface area contributed by atoms with Crippen LogP contribution in [0, 0.1) is 0 Å². The number of nitrogens with zero attached hydrogens (tertiary/aromatic N) is 5. The molecule has 2 amide bonds. The number of carbonyl (C=O) groups is 2. The number of aliphatic hydroxyl groups excluding tert-OH is 1. The summed E-state index contributed by atoms with van der Waals surface area (Å²) < 4.78 is 48.7. The van der Waals surface area contributed by atoms with E-state index in [1.54, 1.807) is 31.7 Å². The van der Waals surface area contributed by atoms with Crippen LogP contribution in [-0.2, 0) is 9.53 Å². The van der Waals surface area contributed by atoms with Gasteiger partial charge in [-0.05, 0) is 51.1 Å². The number of ether oxygens (including phenoxy) is 2. The summed E-state index contributed by atoms with van der Waals surface area (Å²) in [6, 6.07) is 6.86. The minimum Gasteiger partial charge on any atom is -0.444 e. The number of fused-ring (bicyclic) bond motifs is 1. The Morgan fingerprint density at radius 2 is 1.79 bits per heavy atom. The summed E-state index contributed by atoms with van der Waals surface area (Å²) in [5.74, 6) is -1.02. The molecule has 0 radical (unpaired) electrons. The summed E-state index contributed by atoms with van der Waals surface area (Å²) in [6.07, 6.45) is -4.59. The second-order valence-corrected chi connectivity index (χ2v) is 10.2. The number of hydrogen-bond donors (Lipinski definition) is 1. The van der Waals surface area contributed by atoms with Gasteiger partial charge in [-0.1, -0.05) is 0 Å². The Bertz CT molecular complexity index is 1380. The first-order valence-electron chi connectivity index (χ1n) is 12.0. The van der Waals surface area contributed by atoms with Crippen LogP contribution in [0.1, 0.15) is 38.8 Å². The van der Waals surface area contributed by atoms with Crippen LogP contribution in [-0.4, -0.2) is 74.5 Å². The molecule has 0 unspecified atom stereocenters. The van der Waals surface area contributed by atoms with Crippen molar-refractivity contribution in [2.75, 3.05) is 24.5 Å². The van der Waals surface area contributed by atoms with Gasteiger partial charge in [-0.2, -0.15) is 5.10 Å². The zero-order valence-electron chi connectivity index (χ0n) is 20.9. The van der Waals surface area contributed by atoms with Gasteiger partial charge in [0.2, 0.25) is 0 Å². The lowest BCUT2D eigenvalue weighted by Crippen LogP contribution is -2.50. The number of halogens is 3. The molecule has 38 heavy (non-hydrogen) atoms. The quantitative estimate of drug-likeness (QED) is 0.544. The van der Waals surface area contributed by atoms with Gasteiger partial charge in [-0.25, -0.2) is 14.5 Å². The van der Waals surface area contributed by atoms with Crippen LogP contribution in [0.5, 0.6) is 5.75 Å². The van der Waals surface area contributed by atoms with Crippen LogP contribution in [0.2, 0.25) is 0 Å². The van der Waals surface area contributed by atoms with E-state index in [4.69, 9.17) is 9.84 Å². The number of likely N-dealkylation sites (tertiary alicyclic amines) is 1. The molecule has 2 aliphatic heterocycles. The molecule has 5 rings (SSSR count). The molecule has 202 valence electrons. The average Bonchev–Trinajstić information content (AvgIpc) is 3.32. The van der Waals surface area contributed by atoms with Crippen molar-refractivity contribution in [2.45, 2.75) is 51.2 Å². The highest BCUT2D eigenvalue weighted by Gasteiger charge is 2.40. The van der Waals surface area contributed by atoms with E-state index in [1.807, 2.05) is 0 Å². The van der Waals surface area contributed by atoms with Crippen molar-refractivity contribution in [3.63, 3.8) is 0 Å². The molecule has 0 aliphatic carbocycles. The summed E-state index contributed by atoms with van der Waals surface area (Å²) in [4.78, 5) is 32.6. The molecular formula is C25H26F3N5O5. The number of aliphatic hydroxyl groups is 1. The van der Waals surface area contributed by atoms with Gasteiger partial charge in [-0.15, -0.1) is 13.2 Å². The maximum atomic E-state index is 12.7. The number of aromatic nitrogens is 3. The van der Waals surface area contributed by atoms with Crippen LogP contribution in [0.4, 0.5) is 23.7 Å². The maximum absolute atomic E-state index is 12.7. The molecule has 2 aliphatic rings. The van der Waals surface area contributed by atoms with Crippen molar-refractivity contribution in [1.29, 1.82) is 0 Å². The second kappa shape index (κ2) is 9.15. The number of alkyl halides is 3. The molecule has 10 nitrogen and oxygen atoms in total. The average molecular weight is 534 g/mol. The van der Waals surface area contributed by atoms with E-state index in [9.17, 15) is 27.9 Å². The molecule has 1 N–H and O–H groups in total. The van der Waals surface area contributed by atoms with Crippen molar-refractivity contribution in [3.8, 4) is 11.4 Å². The van der Waals surface area contributed by atoms with Gasteiger partial charge >= 0.3 is 12.5 Å². The van der Waals surface area contributed by atoms with E-state index in [2.05, 4.69) is 9.72 Å². The smallest absolute Gasteiger partial charge is 0.444 e. The monoisotopic (exact) mass is 533 g/mol. The molecule has 2 fully saturated rings. The fourth-order valence-corrected chi connectivity index (χ4v) is 4.56. The van der Waals surface area contributed by atoms with E-state index in [-0.39, 0.29) is 18.1 Å². The van der Waals surface area contributed by atoms with Crippen molar-refractivity contribution in [3.05, 3.63) is 42.2 Å². The second-order valence-electron chi connectivity index (χ2n) is 10.2. The van der Waals surface area contributed by atoms with Gasteiger partial charge < -0.3 is 24.4 Å². The lowest BCUT2D eigenvalue weighted by molar-refractivity contribution is -0.274. The zero-order chi connectivity index (χ0) is 27.4. The summed E-state index contributed by atoms with van der Waals surface area (Å²) in [6.45, 7) is 6.29. The highest BCUT2D eigenvalue weighted by Crippen LogP contribution is 2.39. The summed E-state index contributed by atoms with van der Waals surface area (Å²) in [7, 11) is 0. The highest BCUT2D eigenvalue weighted by atomic mass is 19.4. The lowest BCUT2D eigenvalue weighted by atomic mass is 9.94. The number of carbonyl (C=O) groups excluding carboxylic acids is 2. The molecular weight excluding hydrogens is 507 g/mol. The van der Waals surface area contributed by atoms with Crippen molar-refractivity contribution in [2.24, 2.45) is 0 Å². The van der Waals surface area contributed by atoms with E-state index in [0.717, 1.165) is 0 Å². The number of benzene rings is 1. The zero-order valence-corrected chi connectivity index (χ0v) is 20.9. The van der Waals surface area contributed by atoms with Crippen LogP contribution < -0.4 is 9.64 Å². The number of pyridine rings is 1. The Kier molecular flexibility index (Phi) is 6.21. The maximum Gasteiger partial charge on any atom is 0.573 e. The molecule has 0 spiro atoms. The lowest BCUT2D eigenvalue weighted by Gasteiger charge is -2.39. The van der Waals surface area contributed by atoms with Crippen molar-refractivity contribution >= 4 is 28.7 Å². The predicted octanol–water partition coefficient (Wildman–Crippen LogP) is 3.75. The Balaban J connectivity index is 1.53. The first kappa shape index (κ1) is 25.8. The first-order chi connectivity index (χ1) is 17.8. The van der Waals surface area contributed by atoms with E-state index < -0.39 is 30.1 Å². The molecule has 13 heteroatoms. The van der Waals surface area contributed by atoms with Gasteiger partial charge in [0, 0.05) is 38.2 Å². The number of rotatable bonds is 4. The fourth-order valence-electron chi connectivity index (χ4n) is 4.56. The molecule has 1 atom stereocenters. The fraction of sp³-hybridized carbons (Fsp3) is 0.440. The number of anilines is 1. The number of hydrogen-bond acceptors (Lipinski definition) is 7. The van der Waals surface area contributed by atoms with Crippen molar-refractivity contribution in [1.82, 2.24) is 19.7 Å². The van der Waals surface area contributed by atoms with Crippen LogP contribution in [0.15, 0.2) is 36.5 Å². The third kappa shape index (κ3) is 4.97. The van der Waals surface area contributed by atoms with Crippen LogP contribution in [0.3, 0.4) is 0 Å². The normalized spacial score (nSPS) is 18.7.